The van der Waals surface area contributed by atoms with Crippen molar-refractivity contribution in [2.24, 2.45) is 5.92 Å². The van der Waals surface area contributed by atoms with Gasteiger partial charge >= 0.3 is 6.09 Å². The van der Waals surface area contributed by atoms with Gasteiger partial charge in [-0.25, -0.2) is 4.79 Å². The summed E-state index contributed by atoms with van der Waals surface area (Å²) >= 11 is 0. The first-order valence-electron chi connectivity index (χ1n) is 10.4. The lowest BCUT2D eigenvalue weighted by atomic mass is 9.90. The number of carbonyl (C=O) groups is 1. The summed E-state index contributed by atoms with van der Waals surface area (Å²) in [6.07, 6.45) is 0.402. The highest BCUT2D eigenvalue weighted by Crippen LogP contribution is 2.33. The minimum atomic E-state index is -0.831. The van der Waals surface area contributed by atoms with Crippen molar-refractivity contribution in [1.29, 1.82) is 0 Å². The van der Waals surface area contributed by atoms with Crippen LogP contribution in [-0.4, -0.2) is 50.1 Å². The van der Waals surface area contributed by atoms with E-state index in [9.17, 15) is 15.0 Å². The van der Waals surface area contributed by atoms with Gasteiger partial charge in [-0.3, -0.25) is 0 Å². The van der Waals surface area contributed by atoms with Crippen LogP contribution in [0.4, 0.5) is 4.79 Å². The molecular formula is C23H31N3O4. The van der Waals surface area contributed by atoms with Crippen molar-refractivity contribution in [1.82, 2.24) is 15.1 Å². The van der Waals surface area contributed by atoms with Gasteiger partial charge in [0.2, 0.25) is 0 Å². The molecule has 0 aliphatic carbocycles. The maximum Gasteiger partial charge on any atom is 0.410 e. The zero-order valence-corrected chi connectivity index (χ0v) is 18.3. The van der Waals surface area contributed by atoms with E-state index in [4.69, 9.17) is 4.74 Å². The monoisotopic (exact) mass is 413 g/mol. The van der Waals surface area contributed by atoms with Crippen molar-refractivity contribution in [3.63, 3.8) is 0 Å². The summed E-state index contributed by atoms with van der Waals surface area (Å²) in [7, 11) is 0. The second kappa shape index (κ2) is 8.60. The predicted octanol–water partition coefficient (Wildman–Crippen LogP) is 4.15. The van der Waals surface area contributed by atoms with E-state index in [0.717, 1.165) is 24.0 Å². The van der Waals surface area contributed by atoms with Crippen molar-refractivity contribution in [3.8, 4) is 17.0 Å². The quantitative estimate of drug-likeness (QED) is 0.785. The summed E-state index contributed by atoms with van der Waals surface area (Å²) in [4.78, 5) is 14.1. The van der Waals surface area contributed by atoms with Crippen LogP contribution in [-0.2, 0) is 4.74 Å². The number of carbonyl (C=O) groups excluding carboxylic acids is 1. The number of aliphatic hydroxyl groups excluding tert-OH is 1. The molecule has 2 atom stereocenters. The van der Waals surface area contributed by atoms with E-state index < -0.39 is 11.7 Å². The summed E-state index contributed by atoms with van der Waals surface area (Å²) in [5.41, 5.74) is 2.89. The van der Waals surface area contributed by atoms with E-state index in [1.165, 1.54) is 0 Å². The SMILES string of the molecule is Cc1ccc(-c2nnc([C@@H](O)[C@@H]3CCCN(C(=O)OC(C)(C)C)C3)cc2C)c(O)c1. The summed E-state index contributed by atoms with van der Waals surface area (Å²) in [5, 5.41) is 29.7. The predicted molar refractivity (Wildman–Crippen MR) is 114 cm³/mol. The molecule has 1 aromatic carbocycles. The Balaban J connectivity index is 1.76. The molecule has 1 aliphatic heterocycles. The first kappa shape index (κ1) is 22.0. The molecule has 0 spiro atoms. The van der Waals surface area contributed by atoms with Crippen LogP contribution < -0.4 is 0 Å². The summed E-state index contributed by atoms with van der Waals surface area (Å²) in [6, 6.07) is 7.22. The van der Waals surface area contributed by atoms with Crippen LogP contribution in [0.5, 0.6) is 5.75 Å². The largest absolute Gasteiger partial charge is 0.507 e. The molecule has 2 heterocycles. The van der Waals surface area contributed by atoms with Gasteiger partial charge in [0.15, 0.2) is 0 Å². The second-order valence-electron chi connectivity index (χ2n) is 9.09. The number of likely N-dealkylation sites (tertiary alicyclic amines) is 1. The Morgan fingerprint density at radius 3 is 2.60 bits per heavy atom. The summed E-state index contributed by atoms with van der Waals surface area (Å²) in [5.74, 6) is 0.0135. The first-order valence-corrected chi connectivity index (χ1v) is 10.4. The van der Waals surface area contributed by atoms with E-state index in [0.29, 0.717) is 30.0 Å². The summed E-state index contributed by atoms with van der Waals surface area (Å²) < 4.78 is 5.47. The zero-order chi connectivity index (χ0) is 22.1. The molecule has 7 heteroatoms. The molecule has 0 unspecified atom stereocenters. The van der Waals surface area contributed by atoms with Crippen LogP contribution in [0.2, 0.25) is 0 Å². The number of aromatic nitrogens is 2. The van der Waals surface area contributed by atoms with Gasteiger partial charge in [0.1, 0.15) is 17.5 Å². The number of amides is 1. The van der Waals surface area contributed by atoms with Crippen LogP contribution in [0.15, 0.2) is 24.3 Å². The Kier molecular flexibility index (Phi) is 6.31. The third-order valence-electron chi connectivity index (χ3n) is 5.27. The Hall–Kier alpha value is -2.67. The van der Waals surface area contributed by atoms with Crippen molar-refractivity contribution < 1.29 is 19.7 Å². The molecule has 2 aromatic rings. The van der Waals surface area contributed by atoms with Gasteiger partial charge in [0.25, 0.3) is 0 Å². The number of phenols is 1. The van der Waals surface area contributed by atoms with Crippen LogP contribution in [0.1, 0.15) is 56.5 Å². The fourth-order valence-electron chi connectivity index (χ4n) is 3.76. The number of rotatable bonds is 3. The molecule has 30 heavy (non-hydrogen) atoms. The number of piperidine rings is 1. The van der Waals surface area contributed by atoms with Crippen LogP contribution in [0, 0.1) is 19.8 Å². The molecule has 3 rings (SSSR count). The van der Waals surface area contributed by atoms with E-state index in [-0.39, 0.29) is 17.8 Å². The second-order valence-corrected chi connectivity index (χ2v) is 9.09. The van der Waals surface area contributed by atoms with Gasteiger partial charge in [-0.15, -0.1) is 5.10 Å². The number of hydrogen-bond donors (Lipinski definition) is 2. The molecular weight excluding hydrogens is 382 g/mol. The van der Waals surface area contributed by atoms with E-state index in [1.807, 2.05) is 46.8 Å². The molecule has 162 valence electrons. The van der Waals surface area contributed by atoms with Crippen molar-refractivity contribution in [2.75, 3.05) is 13.1 Å². The van der Waals surface area contributed by atoms with Crippen molar-refractivity contribution in [2.45, 2.75) is 59.2 Å². The average molecular weight is 414 g/mol. The number of aliphatic hydroxyl groups is 1. The lowest BCUT2D eigenvalue weighted by molar-refractivity contribution is 0.00159. The topological polar surface area (TPSA) is 95.8 Å². The normalized spacial score (nSPS) is 18.2. The van der Waals surface area contributed by atoms with Gasteiger partial charge in [-0.2, -0.15) is 5.10 Å². The molecule has 0 radical (unpaired) electrons. The molecule has 7 nitrogen and oxygen atoms in total. The number of ether oxygens (including phenoxy) is 1. The van der Waals surface area contributed by atoms with Crippen LogP contribution >= 0.6 is 0 Å². The molecule has 1 saturated heterocycles. The molecule has 0 bridgehead atoms. The maximum absolute atomic E-state index is 12.4. The minimum Gasteiger partial charge on any atom is -0.507 e. The van der Waals surface area contributed by atoms with Gasteiger partial charge in [-0.05, 0) is 76.8 Å². The molecule has 2 N–H and O–H groups in total. The third-order valence-corrected chi connectivity index (χ3v) is 5.27. The third kappa shape index (κ3) is 5.08. The molecule has 1 aromatic heterocycles. The lowest BCUT2D eigenvalue weighted by Gasteiger charge is -2.35. The smallest absolute Gasteiger partial charge is 0.410 e. The molecule has 1 amide bonds. The fourth-order valence-corrected chi connectivity index (χ4v) is 3.76. The van der Waals surface area contributed by atoms with Crippen molar-refractivity contribution >= 4 is 6.09 Å². The zero-order valence-electron chi connectivity index (χ0n) is 18.3. The Morgan fingerprint density at radius 2 is 1.97 bits per heavy atom. The minimum absolute atomic E-state index is 0.140. The molecule has 1 fully saturated rings. The van der Waals surface area contributed by atoms with Crippen molar-refractivity contribution in [3.05, 3.63) is 41.1 Å². The highest BCUT2D eigenvalue weighted by Gasteiger charge is 2.32. The highest BCUT2D eigenvalue weighted by molar-refractivity contribution is 5.70. The fraction of sp³-hybridized carbons (Fsp3) is 0.522. The Morgan fingerprint density at radius 1 is 1.23 bits per heavy atom. The van der Waals surface area contributed by atoms with Gasteiger partial charge in [0.05, 0.1) is 11.4 Å². The standard InChI is InChI=1S/C23H31N3O4/c1-14-8-9-17(19(27)11-14)20-15(2)12-18(24-25-20)21(28)16-7-6-10-26(13-16)22(29)30-23(3,4)5/h8-9,11-12,16,21,27-28H,6-7,10,13H2,1-5H3/t16-,21+/m1/s1. The highest BCUT2D eigenvalue weighted by atomic mass is 16.6. The molecule has 0 saturated carbocycles. The lowest BCUT2D eigenvalue weighted by Crippen LogP contribution is -2.44. The van der Waals surface area contributed by atoms with Gasteiger partial charge < -0.3 is 19.8 Å². The number of aromatic hydroxyl groups is 1. The van der Waals surface area contributed by atoms with Gasteiger partial charge in [-0.1, -0.05) is 6.07 Å². The Labute approximate surface area is 177 Å². The van der Waals surface area contributed by atoms with E-state index in [2.05, 4.69) is 10.2 Å². The first-order chi connectivity index (χ1) is 14.0. The number of aryl methyl sites for hydroxylation is 2. The number of hydrogen-bond acceptors (Lipinski definition) is 6. The molecule has 1 aliphatic rings. The number of phenolic OH excluding ortho intramolecular Hbond substituents is 1. The Bertz CT molecular complexity index is 923. The number of benzene rings is 1. The van der Waals surface area contributed by atoms with Gasteiger partial charge in [0, 0.05) is 24.6 Å². The van der Waals surface area contributed by atoms with Crippen LogP contribution in [0.3, 0.4) is 0 Å². The van der Waals surface area contributed by atoms with E-state index >= 15 is 0 Å². The van der Waals surface area contributed by atoms with E-state index in [1.54, 1.807) is 17.0 Å². The maximum atomic E-state index is 12.4. The van der Waals surface area contributed by atoms with Crippen LogP contribution in [0.25, 0.3) is 11.3 Å². The number of nitrogens with zero attached hydrogens (tertiary/aromatic N) is 3. The average Bonchev–Trinajstić information content (AvgIpc) is 2.67. The summed E-state index contributed by atoms with van der Waals surface area (Å²) in [6.45, 7) is 10.3.